The van der Waals surface area contributed by atoms with Gasteiger partial charge in [0.05, 0.1) is 0 Å². The zero-order chi connectivity index (χ0) is 16.9. The Morgan fingerprint density at radius 3 is 2.27 bits per heavy atom. The minimum Gasteiger partial charge on any atom is -0.465 e. The van der Waals surface area contributed by atoms with Crippen LogP contribution >= 0.6 is 0 Å². The molecular weight excluding hydrogens is 301 g/mol. The molecule has 1 atom stereocenters. The van der Waals surface area contributed by atoms with E-state index in [0.29, 0.717) is 5.56 Å². The summed E-state index contributed by atoms with van der Waals surface area (Å²) in [5, 5.41) is 11.3. The van der Waals surface area contributed by atoms with Gasteiger partial charge < -0.3 is 10.4 Å². The van der Waals surface area contributed by atoms with Gasteiger partial charge in [-0.15, -0.1) is 0 Å². The summed E-state index contributed by atoms with van der Waals surface area (Å²) in [5.74, 6) is -0.468. The molecule has 5 nitrogen and oxygen atoms in total. The topological polar surface area (TPSA) is 69.6 Å². The van der Waals surface area contributed by atoms with E-state index in [1.165, 1.54) is 6.92 Å². The third-order valence-electron chi connectivity index (χ3n) is 3.00. The summed E-state index contributed by atoms with van der Waals surface area (Å²) in [6.07, 6.45) is -6.32. The fourth-order valence-corrected chi connectivity index (χ4v) is 1.76. The van der Waals surface area contributed by atoms with Crippen LogP contribution in [-0.4, -0.2) is 47.3 Å². The van der Waals surface area contributed by atoms with Crippen molar-refractivity contribution in [2.45, 2.75) is 26.1 Å². The van der Waals surface area contributed by atoms with Crippen molar-refractivity contribution in [2.24, 2.45) is 0 Å². The summed E-state index contributed by atoms with van der Waals surface area (Å²) in [4.78, 5) is 23.0. The van der Waals surface area contributed by atoms with E-state index in [2.05, 4.69) is 5.32 Å². The predicted octanol–water partition coefficient (Wildman–Crippen LogP) is 2.66. The first-order valence-electron chi connectivity index (χ1n) is 6.51. The number of alkyl halides is 3. The maximum atomic E-state index is 12.3. The molecule has 0 fully saturated rings. The number of aryl methyl sites for hydroxylation is 1. The Morgan fingerprint density at radius 1 is 1.27 bits per heavy atom. The Balaban J connectivity index is 2.62. The molecule has 0 radical (unpaired) electrons. The molecule has 0 bridgehead atoms. The maximum Gasteiger partial charge on any atom is 0.407 e. The van der Waals surface area contributed by atoms with Gasteiger partial charge in [0, 0.05) is 18.2 Å². The van der Waals surface area contributed by atoms with Crippen LogP contribution in [0.15, 0.2) is 24.3 Å². The minimum absolute atomic E-state index is 0.213. The van der Waals surface area contributed by atoms with Gasteiger partial charge in [-0.1, -0.05) is 17.7 Å². The number of nitrogens with zero attached hydrogens (tertiary/aromatic N) is 1. The lowest BCUT2D eigenvalue weighted by molar-refractivity contribution is -0.145. The molecule has 1 aromatic rings. The van der Waals surface area contributed by atoms with Crippen LogP contribution in [0.4, 0.5) is 18.0 Å². The largest absolute Gasteiger partial charge is 0.465 e. The predicted molar refractivity (Wildman–Crippen MR) is 73.8 cm³/mol. The quantitative estimate of drug-likeness (QED) is 0.877. The SMILES string of the molecule is Cc1ccc(C(=O)NCC(C)N(CC(F)(F)F)C(=O)O)cc1. The lowest BCUT2D eigenvalue weighted by Gasteiger charge is -2.27. The number of halogens is 3. The van der Waals surface area contributed by atoms with Gasteiger partial charge in [-0.3, -0.25) is 9.69 Å². The highest BCUT2D eigenvalue weighted by molar-refractivity contribution is 5.94. The molecule has 0 spiro atoms. The van der Waals surface area contributed by atoms with Gasteiger partial charge in [-0.05, 0) is 26.0 Å². The molecule has 0 aliphatic heterocycles. The third-order valence-corrected chi connectivity index (χ3v) is 3.00. The van der Waals surface area contributed by atoms with Crippen molar-refractivity contribution in [2.75, 3.05) is 13.1 Å². The molecule has 2 amide bonds. The number of carbonyl (C=O) groups is 2. The first-order valence-corrected chi connectivity index (χ1v) is 6.51. The molecule has 1 aromatic carbocycles. The van der Waals surface area contributed by atoms with Crippen LogP contribution in [0.5, 0.6) is 0 Å². The number of hydrogen-bond acceptors (Lipinski definition) is 2. The van der Waals surface area contributed by atoms with Crippen LogP contribution in [0.2, 0.25) is 0 Å². The molecule has 0 saturated heterocycles. The highest BCUT2D eigenvalue weighted by Crippen LogP contribution is 2.18. The fourth-order valence-electron chi connectivity index (χ4n) is 1.76. The smallest absolute Gasteiger partial charge is 0.407 e. The molecule has 1 unspecified atom stereocenters. The van der Waals surface area contributed by atoms with Crippen molar-refractivity contribution in [1.82, 2.24) is 10.2 Å². The molecule has 22 heavy (non-hydrogen) atoms. The van der Waals surface area contributed by atoms with Crippen molar-refractivity contribution < 1.29 is 27.9 Å². The number of benzene rings is 1. The van der Waals surface area contributed by atoms with Gasteiger partial charge >= 0.3 is 12.3 Å². The summed E-state index contributed by atoms with van der Waals surface area (Å²) in [5.41, 5.74) is 1.32. The number of carbonyl (C=O) groups excluding carboxylic acids is 1. The summed E-state index contributed by atoms with van der Waals surface area (Å²) in [6.45, 7) is 1.36. The molecule has 122 valence electrons. The zero-order valence-electron chi connectivity index (χ0n) is 12.1. The second-order valence-electron chi connectivity index (χ2n) is 4.95. The van der Waals surface area contributed by atoms with E-state index in [4.69, 9.17) is 5.11 Å². The van der Waals surface area contributed by atoms with Crippen LogP contribution in [0.25, 0.3) is 0 Å². The third kappa shape index (κ3) is 5.63. The second-order valence-corrected chi connectivity index (χ2v) is 4.95. The molecule has 8 heteroatoms. The fraction of sp³-hybridized carbons (Fsp3) is 0.429. The number of nitrogens with one attached hydrogen (secondary N) is 1. The molecule has 0 aliphatic carbocycles. The first kappa shape index (κ1) is 17.8. The maximum absolute atomic E-state index is 12.3. The number of rotatable bonds is 5. The molecule has 2 N–H and O–H groups in total. The summed E-state index contributed by atoms with van der Waals surface area (Å²) in [6, 6.07) is 5.62. The molecule has 0 aliphatic rings. The molecule has 0 saturated carbocycles. The van der Waals surface area contributed by atoms with Crippen LogP contribution in [-0.2, 0) is 0 Å². The van der Waals surface area contributed by atoms with Crippen LogP contribution in [0.3, 0.4) is 0 Å². The van der Waals surface area contributed by atoms with Gasteiger partial charge in [-0.2, -0.15) is 13.2 Å². The van der Waals surface area contributed by atoms with E-state index in [1.807, 2.05) is 6.92 Å². The normalized spacial score (nSPS) is 12.6. The van der Waals surface area contributed by atoms with E-state index in [0.717, 1.165) is 5.56 Å². The minimum atomic E-state index is -4.63. The monoisotopic (exact) mass is 318 g/mol. The van der Waals surface area contributed by atoms with Crippen molar-refractivity contribution in [3.05, 3.63) is 35.4 Å². The van der Waals surface area contributed by atoms with Gasteiger partial charge in [0.1, 0.15) is 6.54 Å². The van der Waals surface area contributed by atoms with E-state index >= 15 is 0 Å². The van der Waals surface area contributed by atoms with Crippen LogP contribution in [0.1, 0.15) is 22.8 Å². The lowest BCUT2D eigenvalue weighted by Crippen LogP contribution is -2.48. The Hall–Kier alpha value is -2.25. The first-order chi connectivity index (χ1) is 10.1. The molecular formula is C14H17F3N2O3. The highest BCUT2D eigenvalue weighted by atomic mass is 19.4. The summed E-state index contributed by atoms with van der Waals surface area (Å²) < 4.78 is 37.0. The van der Waals surface area contributed by atoms with Gasteiger partial charge in [0.2, 0.25) is 0 Å². The van der Waals surface area contributed by atoms with Gasteiger partial charge in [0.25, 0.3) is 5.91 Å². The van der Waals surface area contributed by atoms with Crippen molar-refractivity contribution in [3.63, 3.8) is 0 Å². The highest BCUT2D eigenvalue weighted by Gasteiger charge is 2.35. The van der Waals surface area contributed by atoms with Crippen LogP contribution in [0, 0.1) is 6.92 Å². The Morgan fingerprint density at radius 2 is 1.82 bits per heavy atom. The zero-order valence-corrected chi connectivity index (χ0v) is 12.1. The van der Waals surface area contributed by atoms with Gasteiger partial charge in [-0.25, -0.2) is 4.79 Å². The van der Waals surface area contributed by atoms with E-state index < -0.39 is 30.8 Å². The van der Waals surface area contributed by atoms with Crippen LogP contribution < -0.4 is 5.32 Å². The second kappa shape index (κ2) is 7.15. The van der Waals surface area contributed by atoms with Gasteiger partial charge in [0.15, 0.2) is 0 Å². The standard InChI is InChI=1S/C14H17F3N2O3/c1-9-3-5-11(6-4-9)12(20)18-7-10(2)19(13(21)22)8-14(15,16)17/h3-6,10H,7-8H2,1-2H3,(H,18,20)(H,21,22). The van der Waals surface area contributed by atoms with Crippen molar-refractivity contribution >= 4 is 12.0 Å². The lowest BCUT2D eigenvalue weighted by atomic mass is 10.1. The number of carboxylic acid groups (broad SMARTS) is 1. The van der Waals surface area contributed by atoms with E-state index in [1.54, 1.807) is 24.3 Å². The van der Waals surface area contributed by atoms with E-state index in [9.17, 15) is 22.8 Å². The Labute approximate surface area is 125 Å². The summed E-state index contributed by atoms with van der Waals surface area (Å²) in [7, 11) is 0. The Kier molecular flexibility index (Phi) is 5.78. The number of amides is 2. The summed E-state index contributed by atoms with van der Waals surface area (Å²) >= 11 is 0. The molecule has 1 rings (SSSR count). The van der Waals surface area contributed by atoms with Crippen molar-refractivity contribution in [1.29, 1.82) is 0 Å². The molecule has 0 heterocycles. The number of hydrogen-bond donors (Lipinski definition) is 2. The Bertz CT molecular complexity index is 529. The average Bonchev–Trinajstić information content (AvgIpc) is 2.41. The molecule has 0 aromatic heterocycles. The van der Waals surface area contributed by atoms with Crippen molar-refractivity contribution in [3.8, 4) is 0 Å². The van der Waals surface area contributed by atoms with E-state index in [-0.39, 0.29) is 11.4 Å². The average molecular weight is 318 g/mol.